The molecular formula is C32H36N2O6. The molecule has 0 saturated carbocycles. The highest BCUT2D eigenvalue weighted by Crippen LogP contribution is 2.52. The number of hydrogen-bond donors (Lipinski definition) is 1. The Kier molecular flexibility index (Phi) is 6.94. The predicted octanol–water partition coefficient (Wildman–Crippen LogP) is 5.38. The molecule has 2 aromatic rings. The van der Waals surface area contributed by atoms with Gasteiger partial charge in [0.2, 0.25) is 0 Å². The molecule has 3 aliphatic rings. The van der Waals surface area contributed by atoms with Gasteiger partial charge < -0.3 is 14.6 Å². The molecule has 0 bridgehead atoms. The van der Waals surface area contributed by atoms with Gasteiger partial charge in [0.05, 0.1) is 31.8 Å². The summed E-state index contributed by atoms with van der Waals surface area (Å²) in [5.41, 5.74) is 4.00. The molecule has 40 heavy (non-hydrogen) atoms. The van der Waals surface area contributed by atoms with Gasteiger partial charge >= 0.3 is 5.97 Å². The minimum atomic E-state index is -1.10. The molecule has 0 radical (unpaired) electrons. The summed E-state index contributed by atoms with van der Waals surface area (Å²) >= 11 is 0. The number of pyridine rings is 1. The summed E-state index contributed by atoms with van der Waals surface area (Å²) < 4.78 is 12.3. The number of allylic oxidation sites excluding steroid dienone is 2. The Labute approximate surface area is 234 Å². The smallest absolute Gasteiger partial charge is 0.354 e. The molecule has 0 amide bonds. The standard InChI is InChI=1S/C32H36N2O6/c1-16(2)34-14-22(36)28-25(15-34)40-24-13-32(5,6)12-21(35)27(24)29(28)26-18(4)19(9-11-23(26)39-7)20-10-8-17(3)30(33-20)31(37)38/h8-11,16,29H,12-15H2,1-7H3,(H,37,38)/t29-/m0/s1. The van der Waals surface area contributed by atoms with Gasteiger partial charge in [0.1, 0.15) is 17.3 Å². The highest BCUT2D eigenvalue weighted by Gasteiger charge is 2.47. The number of benzene rings is 1. The van der Waals surface area contributed by atoms with E-state index in [9.17, 15) is 19.5 Å². The highest BCUT2D eigenvalue weighted by molar-refractivity contribution is 6.07. The van der Waals surface area contributed by atoms with Crippen molar-refractivity contribution in [2.45, 2.75) is 66.3 Å². The molecule has 210 valence electrons. The first-order valence-corrected chi connectivity index (χ1v) is 13.7. The summed E-state index contributed by atoms with van der Waals surface area (Å²) in [5, 5.41) is 9.68. The summed E-state index contributed by atoms with van der Waals surface area (Å²) in [5.74, 6) is -0.0900. The van der Waals surface area contributed by atoms with Crippen LogP contribution in [-0.2, 0) is 14.3 Å². The van der Waals surface area contributed by atoms with E-state index in [-0.39, 0.29) is 35.3 Å². The third-order valence-corrected chi connectivity index (χ3v) is 8.29. The van der Waals surface area contributed by atoms with Crippen LogP contribution in [0, 0.1) is 19.3 Å². The van der Waals surface area contributed by atoms with Crippen LogP contribution in [0.5, 0.6) is 5.75 Å². The maximum Gasteiger partial charge on any atom is 0.354 e. The normalized spacial score (nSPS) is 20.9. The molecule has 0 unspecified atom stereocenters. The SMILES string of the molecule is COc1ccc(-c2ccc(C)c(C(=O)O)n2)c(C)c1[C@@H]1C2=C(CN(C(C)C)CC2=O)OC2=C1C(=O)CC(C)(C)C2. The number of ether oxygens (including phenoxy) is 2. The quantitative estimate of drug-likeness (QED) is 0.535. The Bertz CT molecular complexity index is 1510. The molecule has 2 aliphatic heterocycles. The molecule has 1 aromatic heterocycles. The minimum absolute atomic E-state index is 0.0174. The number of aromatic carboxylic acids is 1. The van der Waals surface area contributed by atoms with Crippen LogP contribution >= 0.6 is 0 Å². The van der Waals surface area contributed by atoms with E-state index in [4.69, 9.17) is 9.47 Å². The van der Waals surface area contributed by atoms with E-state index in [2.05, 4.69) is 23.7 Å². The number of aryl methyl sites for hydroxylation is 1. The molecule has 0 fully saturated rings. The summed E-state index contributed by atoms with van der Waals surface area (Å²) in [6.07, 6.45) is 0.933. The summed E-state index contributed by atoms with van der Waals surface area (Å²) in [6.45, 7) is 12.5. The number of rotatable bonds is 5. The average Bonchev–Trinajstić information content (AvgIpc) is 2.86. The Hall–Kier alpha value is -3.78. The fourth-order valence-corrected chi connectivity index (χ4v) is 6.21. The zero-order valence-electron chi connectivity index (χ0n) is 24.2. The van der Waals surface area contributed by atoms with E-state index in [0.29, 0.717) is 70.2 Å². The third kappa shape index (κ3) is 4.64. The molecule has 1 aliphatic carbocycles. The van der Waals surface area contributed by atoms with E-state index in [1.807, 2.05) is 26.8 Å². The second-order valence-corrected chi connectivity index (χ2v) is 12.1. The second-order valence-electron chi connectivity index (χ2n) is 12.1. The first-order chi connectivity index (χ1) is 18.8. The number of methoxy groups -OCH3 is 1. The molecule has 3 heterocycles. The van der Waals surface area contributed by atoms with Crippen LogP contribution in [0.15, 0.2) is 46.9 Å². The fourth-order valence-electron chi connectivity index (χ4n) is 6.21. The third-order valence-electron chi connectivity index (χ3n) is 8.29. The number of nitrogens with zero attached hydrogens (tertiary/aromatic N) is 2. The lowest BCUT2D eigenvalue weighted by Crippen LogP contribution is -2.46. The lowest BCUT2D eigenvalue weighted by molar-refractivity contribution is -0.120. The van der Waals surface area contributed by atoms with E-state index < -0.39 is 11.9 Å². The number of carboxylic acids is 1. The maximum absolute atomic E-state index is 13.8. The summed E-state index contributed by atoms with van der Waals surface area (Å²) in [4.78, 5) is 46.0. The second kappa shape index (κ2) is 10.0. The Morgan fingerprint density at radius 2 is 1.75 bits per heavy atom. The number of aromatic nitrogens is 1. The molecule has 8 nitrogen and oxygen atoms in total. The first kappa shape index (κ1) is 27.8. The van der Waals surface area contributed by atoms with Crippen molar-refractivity contribution >= 4 is 17.5 Å². The number of carboxylic acid groups (broad SMARTS) is 1. The first-order valence-electron chi connectivity index (χ1n) is 13.7. The van der Waals surface area contributed by atoms with E-state index in [0.717, 1.165) is 5.56 Å². The van der Waals surface area contributed by atoms with Crippen molar-refractivity contribution in [2.24, 2.45) is 5.41 Å². The van der Waals surface area contributed by atoms with Crippen molar-refractivity contribution in [2.75, 3.05) is 20.2 Å². The van der Waals surface area contributed by atoms with Gasteiger partial charge in [-0.05, 0) is 62.4 Å². The average molecular weight is 545 g/mol. The van der Waals surface area contributed by atoms with E-state index in [1.165, 1.54) is 0 Å². The number of Topliss-reactive ketones (excluding diaryl/α,β-unsaturated/α-hetero) is 2. The molecule has 1 N–H and O–H groups in total. The van der Waals surface area contributed by atoms with Gasteiger partial charge in [-0.1, -0.05) is 19.9 Å². The van der Waals surface area contributed by atoms with Crippen molar-refractivity contribution in [3.8, 4) is 17.0 Å². The van der Waals surface area contributed by atoms with E-state index >= 15 is 0 Å². The monoisotopic (exact) mass is 544 g/mol. The fraction of sp³-hybridized carbons (Fsp3) is 0.438. The van der Waals surface area contributed by atoms with Gasteiger partial charge in [0.15, 0.2) is 17.3 Å². The minimum Gasteiger partial charge on any atom is -0.496 e. The number of ketones is 2. The van der Waals surface area contributed by atoms with Crippen molar-refractivity contribution in [3.63, 3.8) is 0 Å². The van der Waals surface area contributed by atoms with Crippen LogP contribution < -0.4 is 4.74 Å². The van der Waals surface area contributed by atoms with Crippen molar-refractivity contribution in [3.05, 3.63) is 69.3 Å². The van der Waals surface area contributed by atoms with Crippen LogP contribution in [0.2, 0.25) is 0 Å². The number of carbonyl (C=O) groups excluding carboxylic acids is 2. The molecular weight excluding hydrogens is 508 g/mol. The molecule has 0 spiro atoms. The predicted molar refractivity (Wildman–Crippen MR) is 150 cm³/mol. The largest absolute Gasteiger partial charge is 0.496 e. The topological polar surface area (TPSA) is 106 Å². The van der Waals surface area contributed by atoms with Crippen molar-refractivity contribution in [1.82, 2.24) is 9.88 Å². The summed E-state index contributed by atoms with van der Waals surface area (Å²) in [6, 6.07) is 7.33. The molecule has 8 heteroatoms. The van der Waals surface area contributed by atoms with Gasteiger partial charge in [0, 0.05) is 41.2 Å². The Morgan fingerprint density at radius 3 is 2.40 bits per heavy atom. The highest BCUT2D eigenvalue weighted by atomic mass is 16.5. The van der Waals surface area contributed by atoms with Crippen molar-refractivity contribution < 1.29 is 29.0 Å². The number of hydrogen-bond acceptors (Lipinski definition) is 7. The Morgan fingerprint density at radius 1 is 1.05 bits per heavy atom. The van der Waals surface area contributed by atoms with Crippen molar-refractivity contribution in [1.29, 1.82) is 0 Å². The lowest BCUT2D eigenvalue weighted by Gasteiger charge is -2.43. The molecule has 0 saturated heterocycles. The molecule has 1 atom stereocenters. The summed E-state index contributed by atoms with van der Waals surface area (Å²) in [7, 11) is 1.57. The van der Waals surface area contributed by atoms with Crippen LogP contribution in [0.1, 0.15) is 73.6 Å². The molecule has 1 aromatic carbocycles. The van der Waals surface area contributed by atoms with Crippen LogP contribution in [0.25, 0.3) is 11.3 Å². The van der Waals surface area contributed by atoms with Gasteiger partial charge in [-0.15, -0.1) is 0 Å². The Balaban J connectivity index is 1.77. The maximum atomic E-state index is 13.8. The molecule has 5 rings (SSSR count). The van der Waals surface area contributed by atoms with Crippen LogP contribution in [0.3, 0.4) is 0 Å². The van der Waals surface area contributed by atoms with Gasteiger partial charge in [0.25, 0.3) is 0 Å². The van der Waals surface area contributed by atoms with Crippen LogP contribution in [0.4, 0.5) is 0 Å². The zero-order chi connectivity index (χ0) is 29.1. The zero-order valence-corrected chi connectivity index (χ0v) is 24.2. The number of carbonyl (C=O) groups is 3. The van der Waals surface area contributed by atoms with Crippen LogP contribution in [-0.4, -0.2) is 58.8 Å². The van der Waals surface area contributed by atoms with E-state index in [1.54, 1.807) is 32.2 Å². The van der Waals surface area contributed by atoms with Gasteiger partial charge in [-0.2, -0.15) is 0 Å². The van der Waals surface area contributed by atoms with Gasteiger partial charge in [-0.25, -0.2) is 9.78 Å². The lowest BCUT2D eigenvalue weighted by atomic mass is 9.68. The van der Waals surface area contributed by atoms with Gasteiger partial charge in [-0.3, -0.25) is 14.5 Å².